The molecule has 0 heterocycles. The first-order chi connectivity index (χ1) is 12.0. The molecule has 0 N–H and O–H groups in total. The van der Waals surface area contributed by atoms with Crippen LogP contribution in [0, 0.1) is 0 Å². The fourth-order valence-corrected chi connectivity index (χ4v) is 2.63. The minimum atomic E-state index is -0.376. The summed E-state index contributed by atoms with van der Waals surface area (Å²) >= 11 is 1.69. The molecular formula is C20H21NO3S. The minimum absolute atomic E-state index is 0.0778. The molecule has 0 aliphatic carbocycles. The summed E-state index contributed by atoms with van der Waals surface area (Å²) in [6.45, 7) is 0.555. The zero-order valence-electron chi connectivity index (χ0n) is 14.6. The first-order valence-electron chi connectivity index (χ1n) is 7.78. The molecule has 1 amide bonds. The van der Waals surface area contributed by atoms with Gasteiger partial charge in [-0.1, -0.05) is 24.3 Å². The quantitative estimate of drug-likeness (QED) is 0.448. The maximum Gasteiger partial charge on any atom is 0.337 e. The number of amides is 1. The summed E-state index contributed by atoms with van der Waals surface area (Å²) in [6, 6.07) is 15.1. The van der Waals surface area contributed by atoms with Gasteiger partial charge in [-0.3, -0.25) is 4.79 Å². The number of carbonyl (C=O) groups is 2. The van der Waals surface area contributed by atoms with Crippen molar-refractivity contribution in [3.63, 3.8) is 0 Å². The summed E-state index contributed by atoms with van der Waals surface area (Å²) < 4.78 is 4.66. The number of esters is 1. The molecule has 0 aromatic heterocycles. The standard InChI is InChI=1S/C20H21NO3S/c1-21(14-16-6-11-18(25-3)12-7-16)19(22)13-8-15-4-9-17(10-5-15)20(23)24-2/h4-13H,14H2,1-3H3/b13-8+. The van der Waals surface area contributed by atoms with Crippen molar-refractivity contribution in [2.45, 2.75) is 11.4 Å². The highest BCUT2D eigenvalue weighted by molar-refractivity contribution is 7.98. The highest BCUT2D eigenvalue weighted by atomic mass is 32.2. The van der Waals surface area contributed by atoms with Gasteiger partial charge in [0.2, 0.25) is 5.91 Å². The van der Waals surface area contributed by atoms with E-state index < -0.39 is 0 Å². The number of hydrogen-bond donors (Lipinski definition) is 0. The molecule has 0 radical (unpaired) electrons. The lowest BCUT2D eigenvalue weighted by Gasteiger charge is -2.15. The average Bonchev–Trinajstić information content (AvgIpc) is 2.66. The molecule has 0 saturated heterocycles. The number of nitrogens with zero attached hydrogens (tertiary/aromatic N) is 1. The van der Waals surface area contributed by atoms with E-state index in [2.05, 4.69) is 16.9 Å². The Labute approximate surface area is 152 Å². The van der Waals surface area contributed by atoms with E-state index >= 15 is 0 Å². The van der Waals surface area contributed by atoms with E-state index in [1.807, 2.05) is 18.4 Å². The van der Waals surface area contributed by atoms with Crippen LogP contribution in [0.25, 0.3) is 6.08 Å². The van der Waals surface area contributed by atoms with Gasteiger partial charge in [0, 0.05) is 24.6 Å². The molecule has 0 bridgehead atoms. The lowest BCUT2D eigenvalue weighted by Crippen LogP contribution is -2.24. The van der Waals surface area contributed by atoms with Gasteiger partial charge in [0.25, 0.3) is 0 Å². The van der Waals surface area contributed by atoms with E-state index in [-0.39, 0.29) is 11.9 Å². The molecule has 0 saturated carbocycles. The van der Waals surface area contributed by atoms with E-state index in [9.17, 15) is 9.59 Å². The van der Waals surface area contributed by atoms with Crippen molar-refractivity contribution in [3.05, 3.63) is 71.3 Å². The van der Waals surface area contributed by atoms with E-state index in [0.29, 0.717) is 12.1 Å². The first kappa shape index (κ1) is 18.8. The topological polar surface area (TPSA) is 46.6 Å². The van der Waals surface area contributed by atoms with Gasteiger partial charge in [-0.2, -0.15) is 0 Å². The molecule has 0 aliphatic rings. The average molecular weight is 355 g/mol. The van der Waals surface area contributed by atoms with Gasteiger partial charge < -0.3 is 9.64 Å². The summed E-state index contributed by atoms with van der Waals surface area (Å²) in [5.41, 5.74) is 2.42. The Morgan fingerprint density at radius 2 is 1.72 bits per heavy atom. The molecule has 2 rings (SSSR count). The van der Waals surface area contributed by atoms with Crippen LogP contribution >= 0.6 is 11.8 Å². The SMILES string of the molecule is COC(=O)c1ccc(/C=C/C(=O)N(C)Cc2ccc(SC)cc2)cc1. The van der Waals surface area contributed by atoms with Gasteiger partial charge in [-0.15, -0.1) is 11.8 Å². The molecule has 130 valence electrons. The molecular weight excluding hydrogens is 334 g/mol. The lowest BCUT2D eigenvalue weighted by molar-refractivity contribution is -0.125. The fraction of sp³-hybridized carbons (Fsp3) is 0.200. The number of benzene rings is 2. The van der Waals surface area contributed by atoms with Crippen LogP contribution in [0.4, 0.5) is 0 Å². The number of thioether (sulfide) groups is 1. The maximum absolute atomic E-state index is 12.2. The summed E-state index contributed by atoms with van der Waals surface area (Å²) in [5, 5.41) is 0. The number of methoxy groups -OCH3 is 1. The smallest absolute Gasteiger partial charge is 0.337 e. The van der Waals surface area contributed by atoms with Crippen molar-refractivity contribution in [2.24, 2.45) is 0 Å². The Kier molecular flexibility index (Phi) is 6.83. The van der Waals surface area contributed by atoms with Gasteiger partial charge in [0.15, 0.2) is 0 Å². The number of hydrogen-bond acceptors (Lipinski definition) is 4. The fourth-order valence-electron chi connectivity index (χ4n) is 2.23. The van der Waals surface area contributed by atoms with Crippen LogP contribution in [0.3, 0.4) is 0 Å². The van der Waals surface area contributed by atoms with E-state index in [0.717, 1.165) is 11.1 Å². The molecule has 2 aromatic rings. The number of ether oxygens (including phenoxy) is 1. The van der Waals surface area contributed by atoms with Crippen LogP contribution in [0.2, 0.25) is 0 Å². The molecule has 0 spiro atoms. The Morgan fingerprint density at radius 3 is 2.28 bits per heavy atom. The molecule has 5 heteroatoms. The molecule has 2 aromatic carbocycles. The second kappa shape index (κ2) is 9.08. The van der Waals surface area contributed by atoms with Crippen LogP contribution in [0.1, 0.15) is 21.5 Å². The van der Waals surface area contributed by atoms with E-state index in [1.165, 1.54) is 18.1 Å². The third kappa shape index (κ3) is 5.50. The van der Waals surface area contributed by atoms with Gasteiger partial charge in [0.1, 0.15) is 0 Å². The van der Waals surface area contributed by atoms with Crippen molar-refractivity contribution >= 4 is 29.7 Å². The second-order valence-electron chi connectivity index (χ2n) is 5.49. The summed E-state index contributed by atoms with van der Waals surface area (Å²) in [5.74, 6) is -0.454. The normalized spacial score (nSPS) is 10.7. The van der Waals surface area contributed by atoms with Crippen LogP contribution in [0.15, 0.2) is 59.5 Å². The van der Waals surface area contributed by atoms with Crippen molar-refractivity contribution in [1.82, 2.24) is 4.90 Å². The van der Waals surface area contributed by atoms with Gasteiger partial charge in [-0.25, -0.2) is 4.79 Å². The highest BCUT2D eigenvalue weighted by Gasteiger charge is 2.07. The molecule has 0 unspecified atom stereocenters. The van der Waals surface area contributed by atoms with Crippen LogP contribution < -0.4 is 0 Å². The number of carbonyl (C=O) groups excluding carboxylic acids is 2. The van der Waals surface area contributed by atoms with Crippen molar-refractivity contribution in [2.75, 3.05) is 20.4 Å². The van der Waals surface area contributed by atoms with E-state index in [1.54, 1.807) is 54.1 Å². The van der Waals surface area contributed by atoms with E-state index in [4.69, 9.17) is 0 Å². The predicted molar refractivity (Wildman–Crippen MR) is 102 cm³/mol. The monoisotopic (exact) mass is 355 g/mol. The Balaban J connectivity index is 1.95. The summed E-state index contributed by atoms with van der Waals surface area (Å²) in [7, 11) is 3.12. The maximum atomic E-state index is 12.2. The van der Waals surface area contributed by atoms with Crippen LogP contribution in [-0.2, 0) is 16.1 Å². The predicted octanol–water partition coefficient (Wildman–Crippen LogP) is 3.87. The van der Waals surface area contributed by atoms with Crippen molar-refractivity contribution < 1.29 is 14.3 Å². The largest absolute Gasteiger partial charge is 0.465 e. The zero-order chi connectivity index (χ0) is 18.2. The number of rotatable bonds is 6. The third-order valence-electron chi connectivity index (χ3n) is 3.71. The first-order valence-corrected chi connectivity index (χ1v) is 9.00. The Morgan fingerprint density at radius 1 is 1.08 bits per heavy atom. The molecule has 0 atom stereocenters. The zero-order valence-corrected chi connectivity index (χ0v) is 15.4. The molecule has 4 nitrogen and oxygen atoms in total. The van der Waals surface area contributed by atoms with Gasteiger partial charge >= 0.3 is 5.97 Å². The van der Waals surface area contributed by atoms with Gasteiger partial charge in [0.05, 0.1) is 12.7 Å². The molecule has 25 heavy (non-hydrogen) atoms. The van der Waals surface area contributed by atoms with Crippen LogP contribution in [0.5, 0.6) is 0 Å². The van der Waals surface area contributed by atoms with Gasteiger partial charge in [-0.05, 0) is 47.7 Å². The lowest BCUT2D eigenvalue weighted by atomic mass is 10.1. The van der Waals surface area contributed by atoms with Crippen molar-refractivity contribution in [3.8, 4) is 0 Å². The summed E-state index contributed by atoms with van der Waals surface area (Å²) in [6.07, 6.45) is 5.30. The summed E-state index contributed by atoms with van der Waals surface area (Å²) in [4.78, 5) is 26.5. The second-order valence-corrected chi connectivity index (χ2v) is 6.37. The highest BCUT2D eigenvalue weighted by Crippen LogP contribution is 2.15. The minimum Gasteiger partial charge on any atom is -0.465 e. The Hall–Kier alpha value is -2.53. The Bertz CT molecular complexity index is 752. The van der Waals surface area contributed by atoms with Crippen LogP contribution in [-0.4, -0.2) is 37.2 Å². The van der Waals surface area contributed by atoms with Crippen molar-refractivity contribution in [1.29, 1.82) is 0 Å². The third-order valence-corrected chi connectivity index (χ3v) is 4.45. The molecule has 0 fully saturated rings. The number of likely N-dealkylation sites (N-methyl/N-ethyl adjacent to an activating group) is 1. The molecule has 0 aliphatic heterocycles.